The van der Waals surface area contributed by atoms with Crippen LogP contribution in [0.1, 0.15) is 5.69 Å². The van der Waals surface area contributed by atoms with Crippen LogP contribution in [0.25, 0.3) is 5.69 Å². The van der Waals surface area contributed by atoms with E-state index in [1.807, 2.05) is 0 Å². The molecular formula is C10H9ClN4O2. The third kappa shape index (κ3) is 2.42. The number of hydrogen-bond acceptors (Lipinski definition) is 4. The summed E-state index contributed by atoms with van der Waals surface area (Å²) in [6.45, 7) is 0. The average Bonchev–Trinajstić information content (AvgIpc) is 2.78. The first kappa shape index (κ1) is 11.5. The molecule has 0 aliphatic heterocycles. The lowest BCUT2D eigenvalue weighted by Gasteiger charge is -2.00. The Balaban J connectivity index is 2.41. The van der Waals surface area contributed by atoms with Gasteiger partial charge >= 0.3 is 0 Å². The zero-order chi connectivity index (χ0) is 12.3. The Morgan fingerprint density at radius 2 is 2.18 bits per heavy atom. The number of halogens is 1. The summed E-state index contributed by atoms with van der Waals surface area (Å²) in [6, 6.07) is 6.37. The van der Waals surface area contributed by atoms with E-state index >= 15 is 0 Å². The molecule has 7 heteroatoms. The maximum Gasteiger partial charge on any atom is 0.294 e. The van der Waals surface area contributed by atoms with Crippen molar-refractivity contribution >= 4 is 17.3 Å². The molecule has 0 bridgehead atoms. The molecule has 0 atom stereocenters. The van der Waals surface area contributed by atoms with Crippen LogP contribution in [0.4, 0.5) is 5.69 Å². The highest BCUT2D eigenvalue weighted by Gasteiger charge is 2.15. The lowest BCUT2D eigenvalue weighted by molar-refractivity contribution is -0.384. The number of para-hydroxylation sites is 2. The van der Waals surface area contributed by atoms with Gasteiger partial charge in [0, 0.05) is 18.4 Å². The standard InChI is InChI=1S/C10H9ClN4O2/c11-6-5-8-7-14(13-12-8)9-3-1-2-4-10(9)15(16)17/h1-4,7H,5-6H2. The first-order valence-electron chi connectivity index (χ1n) is 4.93. The van der Waals surface area contributed by atoms with Gasteiger partial charge in [-0.3, -0.25) is 10.1 Å². The molecule has 0 aliphatic carbocycles. The molecule has 2 rings (SSSR count). The minimum absolute atomic E-state index is 0.00479. The summed E-state index contributed by atoms with van der Waals surface area (Å²) in [5, 5.41) is 18.6. The summed E-state index contributed by atoms with van der Waals surface area (Å²) in [5.74, 6) is 0.440. The number of benzene rings is 1. The second-order valence-electron chi connectivity index (χ2n) is 3.34. The van der Waals surface area contributed by atoms with Crippen molar-refractivity contribution in [2.75, 3.05) is 5.88 Å². The van der Waals surface area contributed by atoms with Crippen LogP contribution in [0.5, 0.6) is 0 Å². The van der Waals surface area contributed by atoms with Crippen molar-refractivity contribution in [1.29, 1.82) is 0 Å². The Morgan fingerprint density at radius 3 is 2.88 bits per heavy atom. The zero-order valence-corrected chi connectivity index (χ0v) is 9.54. The van der Waals surface area contributed by atoms with Crippen LogP contribution >= 0.6 is 11.6 Å². The molecule has 0 aliphatic rings. The minimum atomic E-state index is -0.446. The van der Waals surface area contributed by atoms with E-state index in [0.717, 1.165) is 0 Å². The lowest BCUT2D eigenvalue weighted by Crippen LogP contribution is -2.00. The van der Waals surface area contributed by atoms with Gasteiger partial charge < -0.3 is 0 Å². The molecule has 0 amide bonds. The second-order valence-corrected chi connectivity index (χ2v) is 3.72. The fourth-order valence-corrected chi connectivity index (χ4v) is 1.63. The number of aromatic nitrogens is 3. The molecule has 0 fully saturated rings. The Kier molecular flexibility index (Phi) is 3.34. The van der Waals surface area contributed by atoms with Crippen molar-refractivity contribution in [2.45, 2.75) is 6.42 Å². The van der Waals surface area contributed by atoms with Gasteiger partial charge in [-0.2, -0.15) is 0 Å². The Morgan fingerprint density at radius 1 is 1.41 bits per heavy atom. The number of nitrogens with zero attached hydrogens (tertiary/aromatic N) is 4. The number of hydrogen-bond donors (Lipinski definition) is 0. The molecule has 88 valence electrons. The van der Waals surface area contributed by atoms with E-state index in [9.17, 15) is 10.1 Å². The van der Waals surface area contributed by atoms with E-state index in [-0.39, 0.29) is 5.69 Å². The van der Waals surface area contributed by atoms with Crippen LogP contribution in [0.2, 0.25) is 0 Å². The van der Waals surface area contributed by atoms with Gasteiger partial charge in [0.25, 0.3) is 5.69 Å². The fourth-order valence-electron chi connectivity index (χ4n) is 1.44. The van der Waals surface area contributed by atoms with Crippen molar-refractivity contribution in [3.8, 4) is 5.69 Å². The first-order chi connectivity index (χ1) is 8.22. The quantitative estimate of drug-likeness (QED) is 0.474. The van der Waals surface area contributed by atoms with Gasteiger partial charge in [0.1, 0.15) is 5.69 Å². The Labute approximate surface area is 102 Å². The van der Waals surface area contributed by atoms with Gasteiger partial charge in [-0.1, -0.05) is 17.3 Å². The summed E-state index contributed by atoms with van der Waals surface area (Å²) in [6.07, 6.45) is 2.23. The van der Waals surface area contributed by atoms with Crippen molar-refractivity contribution in [2.24, 2.45) is 0 Å². The molecule has 0 N–H and O–H groups in total. The summed E-state index contributed by atoms with van der Waals surface area (Å²) in [5.41, 5.74) is 1.10. The maximum atomic E-state index is 10.9. The maximum absolute atomic E-state index is 10.9. The monoisotopic (exact) mass is 252 g/mol. The van der Waals surface area contributed by atoms with Gasteiger partial charge in [-0.15, -0.1) is 16.7 Å². The molecule has 0 saturated heterocycles. The van der Waals surface area contributed by atoms with E-state index in [2.05, 4.69) is 10.3 Å². The van der Waals surface area contributed by atoms with E-state index in [1.54, 1.807) is 24.4 Å². The summed E-state index contributed by atoms with van der Waals surface area (Å²) < 4.78 is 1.39. The van der Waals surface area contributed by atoms with E-state index in [1.165, 1.54) is 10.7 Å². The SMILES string of the molecule is O=[N+]([O-])c1ccccc1-n1cc(CCCl)nn1. The molecule has 0 spiro atoms. The van der Waals surface area contributed by atoms with Crippen LogP contribution in [-0.4, -0.2) is 25.8 Å². The van der Waals surface area contributed by atoms with Gasteiger partial charge in [0.05, 0.1) is 16.8 Å². The summed E-state index contributed by atoms with van der Waals surface area (Å²) in [7, 11) is 0. The molecule has 6 nitrogen and oxygen atoms in total. The molecule has 17 heavy (non-hydrogen) atoms. The van der Waals surface area contributed by atoms with Gasteiger partial charge in [0.2, 0.25) is 0 Å². The molecule has 2 aromatic rings. The highest BCUT2D eigenvalue weighted by molar-refractivity contribution is 6.17. The predicted molar refractivity (Wildman–Crippen MR) is 62.4 cm³/mol. The highest BCUT2D eigenvalue weighted by atomic mass is 35.5. The van der Waals surface area contributed by atoms with Gasteiger partial charge in [-0.25, -0.2) is 4.68 Å². The highest BCUT2D eigenvalue weighted by Crippen LogP contribution is 2.21. The molecule has 1 aromatic heterocycles. The molecule has 1 heterocycles. The number of nitro benzene ring substituents is 1. The Bertz CT molecular complexity index is 541. The number of rotatable bonds is 4. The predicted octanol–water partition coefficient (Wildman–Crippen LogP) is 1.96. The molecule has 0 saturated carbocycles. The number of aryl methyl sites for hydroxylation is 1. The Hall–Kier alpha value is -1.95. The smallest absolute Gasteiger partial charge is 0.258 e. The third-order valence-electron chi connectivity index (χ3n) is 2.22. The largest absolute Gasteiger partial charge is 0.294 e. The zero-order valence-electron chi connectivity index (χ0n) is 8.78. The minimum Gasteiger partial charge on any atom is -0.258 e. The lowest BCUT2D eigenvalue weighted by atomic mass is 10.2. The summed E-state index contributed by atoms with van der Waals surface area (Å²) >= 11 is 5.59. The van der Waals surface area contributed by atoms with E-state index in [0.29, 0.717) is 23.7 Å². The second kappa shape index (κ2) is 4.92. The van der Waals surface area contributed by atoms with E-state index < -0.39 is 4.92 Å². The van der Waals surface area contributed by atoms with Crippen LogP contribution < -0.4 is 0 Å². The van der Waals surface area contributed by atoms with E-state index in [4.69, 9.17) is 11.6 Å². The van der Waals surface area contributed by atoms with Crippen LogP contribution in [0.15, 0.2) is 30.5 Å². The van der Waals surface area contributed by atoms with Crippen molar-refractivity contribution in [3.05, 3.63) is 46.3 Å². The molecular weight excluding hydrogens is 244 g/mol. The van der Waals surface area contributed by atoms with Crippen molar-refractivity contribution in [1.82, 2.24) is 15.0 Å². The van der Waals surface area contributed by atoms with Crippen LogP contribution in [0, 0.1) is 10.1 Å². The van der Waals surface area contributed by atoms with Crippen LogP contribution in [-0.2, 0) is 6.42 Å². The topological polar surface area (TPSA) is 73.8 Å². The molecule has 0 unspecified atom stereocenters. The third-order valence-corrected chi connectivity index (χ3v) is 2.41. The van der Waals surface area contributed by atoms with Gasteiger partial charge in [-0.05, 0) is 6.07 Å². The summed E-state index contributed by atoms with van der Waals surface area (Å²) in [4.78, 5) is 10.4. The molecule has 1 aromatic carbocycles. The molecule has 0 radical (unpaired) electrons. The van der Waals surface area contributed by atoms with Crippen molar-refractivity contribution < 1.29 is 4.92 Å². The van der Waals surface area contributed by atoms with Crippen LogP contribution in [0.3, 0.4) is 0 Å². The van der Waals surface area contributed by atoms with Gasteiger partial charge in [0.15, 0.2) is 0 Å². The number of nitro groups is 1. The normalized spacial score (nSPS) is 10.4. The number of alkyl halides is 1. The fraction of sp³-hybridized carbons (Fsp3) is 0.200. The van der Waals surface area contributed by atoms with Crippen molar-refractivity contribution in [3.63, 3.8) is 0 Å². The first-order valence-corrected chi connectivity index (χ1v) is 5.47. The average molecular weight is 253 g/mol.